The molecule has 25 heavy (non-hydrogen) atoms. The molecule has 2 heterocycles. The fraction of sp³-hybridized carbons (Fsp3) is 0.412. The molecule has 1 aliphatic heterocycles. The van der Waals surface area contributed by atoms with Gasteiger partial charge in [0.15, 0.2) is 5.69 Å². The van der Waals surface area contributed by atoms with Crippen molar-refractivity contribution in [2.75, 3.05) is 13.1 Å². The fourth-order valence-corrected chi connectivity index (χ4v) is 3.04. The molecule has 8 heteroatoms. The van der Waals surface area contributed by atoms with Gasteiger partial charge < -0.3 is 9.52 Å². The number of piperidine rings is 1. The van der Waals surface area contributed by atoms with Crippen LogP contribution in [0.4, 0.5) is 13.2 Å². The molecule has 0 bridgehead atoms. The van der Waals surface area contributed by atoms with E-state index in [0.29, 0.717) is 12.4 Å². The van der Waals surface area contributed by atoms with Crippen LogP contribution >= 0.6 is 0 Å². The summed E-state index contributed by atoms with van der Waals surface area (Å²) in [5, 5.41) is 8.83. The Labute approximate surface area is 142 Å². The van der Waals surface area contributed by atoms with Gasteiger partial charge in [0.25, 0.3) is 0 Å². The van der Waals surface area contributed by atoms with Gasteiger partial charge in [-0.2, -0.15) is 13.2 Å². The molecule has 5 nitrogen and oxygen atoms in total. The average Bonchev–Trinajstić information content (AvgIpc) is 3.04. The van der Waals surface area contributed by atoms with Crippen LogP contribution < -0.4 is 0 Å². The summed E-state index contributed by atoms with van der Waals surface area (Å²) in [6, 6.07) is 5.36. The van der Waals surface area contributed by atoms with Crippen LogP contribution in [0, 0.1) is 0 Å². The molecule has 0 spiro atoms. The van der Waals surface area contributed by atoms with E-state index >= 15 is 0 Å². The molecule has 0 saturated carbocycles. The van der Waals surface area contributed by atoms with Crippen LogP contribution in [0.5, 0.6) is 0 Å². The zero-order valence-electron chi connectivity index (χ0n) is 13.3. The maximum absolute atomic E-state index is 12.6. The third kappa shape index (κ3) is 4.19. The first-order valence-electron chi connectivity index (χ1n) is 7.90. The van der Waals surface area contributed by atoms with Crippen LogP contribution in [0.15, 0.2) is 34.9 Å². The Hall–Kier alpha value is -2.35. The molecule has 1 saturated heterocycles. The Balaban J connectivity index is 1.55. The second-order valence-corrected chi connectivity index (χ2v) is 6.10. The van der Waals surface area contributed by atoms with Gasteiger partial charge in [-0.05, 0) is 49.5 Å². The average molecular weight is 354 g/mol. The van der Waals surface area contributed by atoms with Gasteiger partial charge >= 0.3 is 12.1 Å². The van der Waals surface area contributed by atoms with E-state index in [2.05, 4.69) is 9.88 Å². The second kappa shape index (κ2) is 6.87. The summed E-state index contributed by atoms with van der Waals surface area (Å²) in [4.78, 5) is 16.8. The number of aromatic nitrogens is 1. The van der Waals surface area contributed by atoms with Gasteiger partial charge in [-0.1, -0.05) is 12.1 Å². The van der Waals surface area contributed by atoms with Gasteiger partial charge in [-0.25, -0.2) is 9.78 Å². The first-order chi connectivity index (χ1) is 11.8. The molecular weight excluding hydrogens is 337 g/mol. The van der Waals surface area contributed by atoms with Gasteiger partial charge in [-0.3, -0.25) is 4.90 Å². The number of hydrogen-bond acceptors (Lipinski definition) is 4. The summed E-state index contributed by atoms with van der Waals surface area (Å²) in [5.41, 5.74) is 0.165. The van der Waals surface area contributed by atoms with Crippen molar-refractivity contribution in [2.45, 2.75) is 31.5 Å². The molecule has 1 fully saturated rings. The molecule has 1 aromatic heterocycles. The maximum atomic E-state index is 12.6. The van der Waals surface area contributed by atoms with Crippen LogP contribution in [0.3, 0.4) is 0 Å². The van der Waals surface area contributed by atoms with Crippen molar-refractivity contribution in [3.63, 3.8) is 0 Å². The number of rotatable bonds is 4. The third-order valence-electron chi connectivity index (χ3n) is 4.43. The first-order valence-corrected chi connectivity index (χ1v) is 7.90. The number of alkyl halides is 3. The van der Waals surface area contributed by atoms with Gasteiger partial charge in [0.2, 0.25) is 5.89 Å². The Bertz CT molecular complexity index is 732. The molecule has 2 aromatic rings. The third-order valence-corrected chi connectivity index (χ3v) is 4.43. The first kappa shape index (κ1) is 17.5. The van der Waals surface area contributed by atoms with Crippen molar-refractivity contribution in [1.29, 1.82) is 0 Å². The number of benzene rings is 1. The monoisotopic (exact) mass is 354 g/mol. The molecule has 134 valence electrons. The highest BCUT2D eigenvalue weighted by atomic mass is 19.4. The lowest BCUT2D eigenvalue weighted by Crippen LogP contribution is -2.32. The predicted molar refractivity (Wildman–Crippen MR) is 82.2 cm³/mol. The lowest BCUT2D eigenvalue weighted by atomic mass is 9.89. The van der Waals surface area contributed by atoms with Crippen LogP contribution in [0.25, 0.3) is 0 Å². The zero-order chi connectivity index (χ0) is 18.0. The number of nitrogens with zero attached hydrogens (tertiary/aromatic N) is 2. The van der Waals surface area contributed by atoms with Crippen molar-refractivity contribution < 1.29 is 27.5 Å². The summed E-state index contributed by atoms with van der Waals surface area (Å²) in [6.07, 6.45) is -1.56. The number of oxazole rings is 1. The van der Waals surface area contributed by atoms with Crippen LogP contribution in [-0.4, -0.2) is 34.0 Å². The predicted octanol–water partition coefficient (Wildman–Crippen LogP) is 3.77. The molecule has 0 radical (unpaired) electrons. The van der Waals surface area contributed by atoms with Gasteiger partial charge in [0.05, 0.1) is 12.1 Å². The van der Waals surface area contributed by atoms with E-state index in [0.717, 1.165) is 49.9 Å². The standard InChI is InChI=1S/C17H17F3N2O3/c18-17(19,20)13-3-1-11(2-4-13)12-5-7-22(8-6-12)9-15-21-14(10-25-15)16(23)24/h1-4,10,12H,5-9H2,(H,23,24). The number of carboxylic acids is 1. The van der Waals surface area contributed by atoms with E-state index in [1.54, 1.807) is 12.1 Å². The number of carboxylic acid groups (broad SMARTS) is 1. The molecular formula is C17H17F3N2O3. The van der Waals surface area contributed by atoms with E-state index in [9.17, 15) is 18.0 Å². The van der Waals surface area contributed by atoms with Crippen LogP contribution in [-0.2, 0) is 12.7 Å². The van der Waals surface area contributed by atoms with Crippen LogP contribution in [0.1, 0.15) is 46.3 Å². The normalized spacial score (nSPS) is 16.9. The van der Waals surface area contributed by atoms with E-state index in [4.69, 9.17) is 9.52 Å². The number of halogens is 3. The van der Waals surface area contributed by atoms with E-state index < -0.39 is 17.7 Å². The summed E-state index contributed by atoms with van der Waals surface area (Å²) in [7, 11) is 0. The minimum atomic E-state index is -4.31. The molecule has 0 unspecified atom stereocenters. The molecule has 1 N–H and O–H groups in total. The van der Waals surface area contributed by atoms with Gasteiger partial charge in [0.1, 0.15) is 6.26 Å². The summed E-state index contributed by atoms with van der Waals surface area (Å²) < 4.78 is 43.0. The van der Waals surface area contributed by atoms with Crippen molar-refractivity contribution >= 4 is 5.97 Å². The molecule has 0 aliphatic carbocycles. The van der Waals surface area contributed by atoms with Crippen molar-refractivity contribution in [3.05, 3.63) is 53.2 Å². The Morgan fingerprint density at radius 3 is 2.40 bits per heavy atom. The summed E-state index contributed by atoms with van der Waals surface area (Å²) >= 11 is 0. The minimum absolute atomic E-state index is 0.116. The quantitative estimate of drug-likeness (QED) is 0.905. The lowest BCUT2D eigenvalue weighted by Gasteiger charge is -2.31. The van der Waals surface area contributed by atoms with E-state index in [1.807, 2.05) is 0 Å². The fourth-order valence-electron chi connectivity index (χ4n) is 3.04. The molecule has 1 aliphatic rings. The number of carbonyl (C=O) groups is 1. The molecule has 0 atom stereocenters. The number of likely N-dealkylation sites (tertiary alicyclic amines) is 1. The highest BCUT2D eigenvalue weighted by Gasteiger charge is 2.30. The Kier molecular flexibility index (Phi) is 4.80. The molecule has 3 rings (SSSR count). The summed E-state index contributed by atoms with van der Waals surface area (Å²) in [5.74, 6) is -0.556. The second-order valence-electron chi connectivity index (χ2n) is 6.10. The minimum Gasteiger partial charge on any atom is -0.476 e. The number of hydrogen-bond donors (Lipinski definition) is 1. The van der Waals surface area contributed by atoms with Crippen molar-refractivity contribution in [2.24, 2.45) is 0 Å². The van der Waals surface area contributed by atoms with Gasteiger partial charge in [-0.15, -0.1) is 0 Å². The zero-order valence-corrected chi connectivity index (χ0v) is 13.3. The number of aromatic carboxylic acids is 1. The maximum Gasteiger partial charge on any atom is 0.416 e. The largest absolute Gasteiger partial charge is 0.476 e. The van der Waals surface area contributed by atoms with Crippen molar-refractivity contribution in [1.82, 2.24) is 9.88 Å². The SMILES string of the molecule is O=C(O)c1coc(CN2CCC(c3ccc(C(F)(F)F)cc3)CC2)n1. The van der Waals surface area contributed by atoms with Crippen molar-refractivity contribution in [3.8, 4) is 0 Å². The van der Waals surface area contributed by atoms with E-state index in [1.165, 1.54) is 0 Å². The molecule has 1 aromatic carbocycles. The van der Waals surface area contributed by atoms with Gasteiger partial charge in [0, 0.05) is 0 Å². The smallest absolute Gasteiger partial charge is 0.416 e. The Morgan fingerprint density at radius 1 is 1.24 bits per heavy atom. The Morgan fingerprint density at radius 2 is 1.88 bits per heavy atom. The highest BCUT2D eigenvalue weighted by Crippen LogP contribution is 2.33. The topological polar surface area (TPSA) is 66.6 Å². The summed E-state index contributed by atoms with van der Waals surface area (Å²) in [6.45, 7) is 1.92. The van der Waals surface area contributed by atoms with Crippen LogP contribution in [0.2, 0.25) is 0 Å². The molecule has 0 amide bonds. The lowest BCUT2D eigenvalue weighted by molar-refractivity contribution is -0.137. The highest BCUT2D eigenvalue weighted by molar-refractivity contribution is 5.84. The van der Waals surface area contributed by atoms with E-state index in [-0.39, 0.29) is 11.6 Å².